The van der Waals surface area contributed by atoms with E-state index in [1.54, 1.807) is 34.6 Å². The maximum atomic E-state index is 13.4. The summed E-state index contributed by atoms with van der Waals surface area (Å²) in [7, 11) is -3.86. The first kappa shape index (κ1) is 32.7. The molecule has 14 nitrogen and oxygen atoms in total. The number of hydrogen-bond donors (Lipinski definition) is 1. The van der Waals surface area contributed by atoms with Crippen LogP contribution in [0.4, 0.5) is 0 Å². The Morgan fingerprint density at radius 2 is 2.08 bits per heavy atom. The predicted octanol–water partition coefficient (Wildman–Crippen LogP) is 3.40. The molecule has 2 heterocycles. The van der Waals surface area contributed by atoms with Crippen molar-refractivity contribution < 1.29 is 27.9 Å². The summed E-state index contributed by atoms with van der Waals surface area (Å²) in [5.74, 6) is 0.267. The van der Waals surface area contributed by atoms with Gasteiger partial charge < -0.3 is 4.74 Å². The fraction of sp³-hybridized carbons (Fsp3) is 0.652. The molecule has 1 saturated heterocycles. The van der Waals surface area contributed by atoms with Crippen molar-refractivity contribution in [2.24, 2.45) is 10.5 Å². The molecule has 1 aromatic rings. The number of aryl methyl sites for hydroxylation is 1. The van der Waals surface area contributed by atoms with Crippen molar-refractivity contribution in [3.8, 4) is 0 Å². The third-order valence-electron chi connectivity index (χ3n) is 5.36. The minimum atomic E-state index is -3.86. The highest BCUT2D eigenvalue weighted by Crippen LogP contribution is 2.45. The third-order valence-corrected chi connectivity index (χ3v) is 8.45. The van der Waals surface area contributed by atoms with Gasteiger partial charge in [0.05, 0.1) is 25.4 Å². The lowest BCUT2D eigenvalue weighted by atomic mass is 10.00. The van der Waals surface area contributed by atoms with Crippen molar-refractivity contribution >= 4 is 37.1 Å². The summed E-state index contributed by atoms with van der Waals surface area (Å²) >= 11 is 1.07. The van der Waals surface area contributed by atoms with E-state index in [0.717, 1.165) is 33.2 Å². The molecule has 0 radical (unpaired) electrons. The number of nitrogens with zero attached hydrogens (tertiary/aromatic N) is 5. The second kappa shape index (κ2) is 14.2. The smallest absolute Gasteiger partial charge is 0.352 e. The van der Waals surface area contributed by atoms with E-state index in [0.29, 0.717) is 6.29 Å². The first-order chi connectivity index (χ1) is 18.2. The molecule has 1 aliphatic rings. The molecule has 2 rings (SSSR count). The van der Waals surface area contributed by atoms with E-state index in [-0.39, 0.29) is 42.1 Å². The number of azide groups is 1. The highest BCUT2D eigenvalue weighted by molar-refractivity contribution is 8.13. The highest BCUT2D eigenvalue weighted by atomic mass is 32.2. The molecular formula is C23H35N6O8PS. The Kier molecular flexibility index (Phi) is 11.9. The summed E-state index contributed by atoms with van der Waals surface area (Å²) in [5, 5.41) is 6.48. The van der Waals surface area contributed by atoms with Crippen molar-refractivity contribution in [3.05, 3.63) is 49.1 Å². The van der Waals surface area contributed by atoms with Gasteiger partial charge in [-0.05, 0) is 32.4 Å². The molecule has 0 aliphatic carbocycles. The van der Waals surface area contributed by atoms with E-state index >= 15 is 0 Å². The van der Waals surface area contributed by atoms with E-state index in [4.69, 9.17) is 19.3 Å². The van der Waals surface area contributed by atoms with Crippen LogP contribution in [0.25, 0.3) is 16.6 Å². The molecule has 1 N–H and O–H groups in total. The Labute approximate surface area is 230 Å². The quantitative estimate of drug-likeness (QED) is 0.0683. The van der Waals surface area contributed by atoms with Crippen LogP contribution in [0, 0.1) is 12.3 Å². The first-order valence-corrected chi connectivity index (χ1v) is 14.7. The molecule has 1 aromatic heterocycles. The highest BCUT2D eigenvalue weighted by Gasteiger charge is 2.39. The normalized spacial score (nSPS) is 21.2. The fourth-order valence-electron chi connectivity index (χ4n) is 3.51. The molecule has 39 heavy (non-hydrogen) atoms. The number of allylic oxidation sites excluding steroid dienone is 1. The van der Waals surface area contributed by atoms with Gasteiger partial charge in [0.15, 0.2) is 5.12 Å². The van der Waals surface area contributed by atoms with Crippen LogP contribution in [0.15, 0.2) is 27.0 Å². The molecule has 0 aromatic carbocycles. The van der Waals surface area contributed by atoms with Crippen LogP contribution in [0.5, 0.6) is 0 Å². The minimum absolute atomic E-state index is 0.0259. The molecule has 216 valence electrons. The summed E-state index contributed by atoms with van der Waals surface area (Å²) in [6.45, 7) is 10.1. The van der Waals surface area contributed by atoms with Crippen LogP contribution >= 0.6 is 19.5 Å². The van der Waals surface area contributed by atoms with Crippen molar-refractivity contribution in [3.63, 3.8) is 0 Å². The van der Waals surface area contributed by atoms with Crippen molar-refractivity contribution in [1.82, 2.24) is 14.2 Å². The van der Waals surface area contributed by atoms with Gasteiger partial charge in [-0.2, -0.15) is 0 Å². The molecule has 16 heteroatoms. The topological polar surface area (TPSA) is 184 Å². The average molecular weight is 587 g/mol. The average Bonchev–Trinajstić information content (AvgIpc) is 3.24. The van der Waals surface area contributed by atoms with Crippen LogP contribution in [0.2, 0.25) is 0 Å². The van der Waals surface area contributed by atoms with Gasteiger partial charge in [-0.1, -0.05) is 37.6 Å². The lowest BCUT2D eigenvalue weighted by Gasteiger charge is -2.24. The minimum Gasteiger partial charge on any atom is -0.352 e. The number of carbonyl (C=O) groups excluding carboxylic acids is 2. The summed E-state index contributed by atoms with van der Waals surface area (Å²) < 4.78 is 32.4. The number of aldehydes is 1. The van der Waals surface area contributed by atoms with Gasteiger partial charge >= 0.3 is 13.4 Å². The zero-order chi connectivity index (χ0) is 29.4. The molecule has 0 spiro atoms. The predicted molar refractivity (Wildman–Crippen MR) is 147 cm³/mol. The summed E-state index contributed by atoms with van der Waals surface area (Å²) in [5.41, 5.74) is 7.40. The molecule has 0 amide bonds. The number of hydrogen-bond acceptors (Lipinski definition) is 10. The van der Waals surface area contributed by atoms with Crippen molar-refractivity contribution in [2.45, 2.75) is 72.4 Å². The Balaban J connectivity index is 2.19. The molecular weight excluding hydrogens is 551 g/mol. The van der Waals surface area contributed by atoms with Crippen LogP contribution in [-0.2, 0) is 27.9 Å². The zero-order valence-electron chi connectivity index (χ0n) is 22.8. The third kappa shape index (κ3) is 9.28. The van der Waals surface area contributed by atoms with Gasteiger partial charge in [-0.15, -0.1) is 0 Å². The van der Waals surface area contributed by atoms with Gasteiger partial charge in [-0.3, -0.25) is 28.0 Å². The number of carbonyl (C=O) groups is 2. The van der Waals surface area contributed by atoms with E-state index in [1.807, 2.05) is 0 Å². The first-order valence-electron chi connectivity index (χ1n) is 12.2. The Hall–Kier alpha value is -2.51. The Morgan fingerprint density at radius 3 is 2.67 bits per heavy atom. The van der Waals surface area contributed by atoms with E-state index in [9.17, 15) is 23.7 Å². The van der Waals surface area contributed by atoms with Gasteiger partial charge in [-0.25, -0.2) is 19.0 Å². The lowest BCUT2D eigenvalue weighted by molar-refractivity contribution is -0.117. The van der Waals surface area contributed by atoms with Crippen LogP contribution < -0.4 is 16.3 Å². The summed E-state index contributed by atoms with van der Waals surface area (Å²) in [4.78, 5) is 51.0. The number of rotatable bonds is 13. The maximum absolute atomic E-state index is 13.4. The number of nitrogens with one attached hydrogen (secondary N) is 1. The standard InChI is InChI=1S/C23H35N6O8PS/c1-15(2)26-38(34,35-10-11-39-21(32)23(4,5)6)36-14-18-17(25-27-24)12-19(37-18)29-13-16(3)20(31)28(22(29)33)8-7-9-30/h7-9,13,15,17-19H,10-12,14H2,1-6H3,(H,26,34)/b8-7+/t17-,18+,19+,38?/m0/s1. The molecule has 0 bridgehead atoms. The molecule has 0 saturated carbocycles. The number of thioether (sulfide) groups is 1. The second-order valence-electron chi connectivity index (χ2n) is 10.1. The molecule has 1 unspecified atom stereocenters. The van der Waals surface area contributed by atoms with E-state index < -0.39 is 42.8 Å². The van der Waals surface area contributed by atoms with Crippen LogP contribution in [-0.4, -0.2) is 57.7 Å². The van der Waals surface area contributed by atoms with Gasteiger partial charge in [0.25, 0.3) is 5.56 Å². The maximum Gasteiger partial charge on any atom is 0.405 e. The lowest BCUT2D eigenvalue weighted by Crippen LogP contribution is -2.39. The van der Waals surface area contributed by atoms with Gasteiger partial charge in [0.2, 0.25) is 0 Å². The number of aromatic nitrogens is 2. The van der Waals surface area contributed by atoms with Gasteiger partial charge in [0.1, 0.15) is 12.5 Å². The summed E-state index contributed by atoms with van der Waals surface area (Å²) in [6.07, 6.45) is 2.06. The van der Waals surface area contributed by atoms with Crippen LogP contribution in [0.1, 0.15) is 52.8 Å². The molecule has 1 aliphatic heterocycles. The Bertz CT molecular complexity index is 1280. The second-order valence-corrected chi connectivity index (χ2v) is 12.9. The fourth-order valence-corrected chi connectivity index (χ4v) is 5.95. The van der Waals surface area contributed by atoms with E-state index in [1.165, 1.54) is 13.1 Å². The zero-order valence-corrected chi connectivity index (χ0v) is 24.5. The van der Waals surface area contributed by atoms with Crippen molar-refractivity contribution in [2.75, 3.05) is 19.0 Å². The van der Waals surface area contributed by atoms with Gasteiger partial charge in [0, 0.05) is 46.5 Å². The van der Waals surface area contributed by atoms with E-state index in [2.05, 4.69) is 15.1 Å². The largest absolute Gasteiger partial charge is 0.405 e. The SMILES string of the molecule is Cc1cn([C@H]2C[C@H](N=[N+]=[N-])[C@@H](COP(=O)(NC(C)C)OCCSC(=O)C(C)(C)C)O2)c(=O)n(/C=C/C=O)c1=O. The monoisotopic (exact) mass is 586 g/mol. The summed E-state index contributed by atoms with van der Waals surface area (Å²) in [6, 6.07) is -1.06. The van der Waals surface area contributed by atoms with Crippen LogP contribution in [0.3, 0.4) is 0 Å². The Morgan fingerprint density at radius 1 is 1.38 bits per heavy atom. The van der Waals surface area contributed by atoms with Crippen molar-refractivity contribution in [1.29, 1.82) is 0 Å². The number of ether oxygens (including phenoxy) is 1. The molecule has 1 fully saturated rings. The molecule has 4 atom stereocenters.